The van der Waals surface area contributed by atoms with Gasteiger partial charge in [0.25, 0.3) is 0 Å². The highest BCUT2D eigenvalue weighted by molar-refractivity contribution is 7.98. The number of methoxy groups -OCH3 is 1. The molecule has 1 aliphatic rings. The molecule has 1 fully saturated rings. The average molecular weight is 518 g/mol. The molecule has 1 saturated heterocycles. The van der Waals surface area contributed by atoms with Gasteiger partial charge in [0.15, 0.2) is 0 Å². The molecule has 11 heteroatoms. The zero-order valence-electron chi connectivity index (χ0n) is 20.8. The zero-order valence-corrected chi connectivity index (χ0v) is 21.6. The molecule has 0 saturated carbocycles. The molecule has 196 valence electrons. The number of nitrogens with one attached hydrogen (secondary N) is 2. The summed E-state index contributed by atoms with van der Waals surface area (Å²) < 4.78 is 5.24. The number of imidazole rings is 1. The van der Waals surface area contributed by atoms with Crippen LogP contribution < -0.4 is 10.1 Å². The van der Waals surface area contributed by atoms with Gasteiger partial charge in [-0.05, 0) is 49.0 Å². The van der Waals surface area contributed by atoms with Gasteiger partial charge in [-0.15, -0.1) is 0 Å². The number of amides is 2. The maximum Gasteiger partial charge on any atom is 0.326 e. The van der Waals surface area contributed by atoms with E-state index in [1.165, 1.54) is 11.8 Å². The molecule has 10 nitrogen and oxygen atoms in total. The Bertz CT molecular complexity index is 985. The highest BCUT2D eigenvalue weighted by atomic mass is 32.2. The fraction of sp³-hybridized carbons (Fsp3) is 0.520. The van der Waals surface area contributed by atoms with E-state index in [2.05, 4.69) is 15.3 Å². The minimum Gasteiger partial charge on any atom is -0.497 e. The van der Waals surface area contributed by atoms with Crippen LogP contribution in [0.2, 0.25) is 0 Å². The second-order valence-electron chi connectivity index (χ2n) is 8.88. The molecule has 1 aliphatic heterocycles. The quantitative estimate of drug-likeness (QED) is 0.346. The number of aliphatic carboxylic acids is 1. The number of benzene rings is 1. The number of hydrogen-bond donors (Lipinski definition) is 3. The number of H-pyrrole nitrogens is 1. The van der Waals surface area contributed by atoms with Crippen LogP contribution in [0.15, 0.2) is 36.8 Å². The van der Waals surface area contributed by atoms with Crippen LogP contribution in [0.3, 0.4) is 0 Å². The Labute approximate surface area is 215 Å². The van der Waals surface area contributed by atoms with Crippen molar-refractivity contribution in [2.45, 2.75) is 44.3 Å². The van der Waals surface area contributed by atoms with E-state index in [-0.39, 0.29) is 30.8 Å². The molecule has 2 atom stereocenters. The smallest absolute Gasteiger partial charge is 0.326 e. The molecule has 2 aromatic rings. The summed E-state index contributed by atoms with van der Waals surface area (Å²) in [7, 11) is 1.61. The Morgan fingerprint density at radius 2 is 2.11 bits per heavy atom. The van der Waals surface area contributed by atoms with Crippen molar-refractivity contribution in [3.63, 3.8) is 0 Å². The third-order valence-corrected chi connectivity index (χ3v) is 6.87. The first-order chi connectivity index (χ1) is 17.4. The Morgan fingerprint density at radius 3 is 2.75 bits per heavy atom. The topological polar surface area (TPSA) is 128 Å². The van der Waals surface area contributed by atoms with Crippen LogP contribution in [0, 0.1) is 0 Å². The molecular formula is C25H35N5O5S. The molecule has 0 radical (unpaired) electrons. The van der Waals surface area contributed by atoms with E-state index in [0.717, 1.165) is 24.2 Å². The van der Waals surface area contributed by atoms with Gasteiger partial charge in [-0.1, -0.05) is 12.1 Å². The highest BCUT2D eigenvalue weighted by Crippen LogP contribution is 2.21. The summed E-state index contributed by atoms with van der Waals surface area (Å²) >= 11 is 1.54. The summed E-state index contributed by atoms with van der Waals surface area (Å²) in [5, 5.41) is 12.2. The summed E-state index contributed by atoms with van der Waals surface area (Å²) in [4.78, 5) is 48.4. The van der Waals surface area contributed by atoms with Crippen molar-refractivity contribution in [1.82, 2.24) is 25.1 Å². The Morgan fingerprint density at radius 1 is 1.33 bits per heavy atom. The molecule has 36 heavy (non-hydrogen) atoms. The number of hydrogen-bond acceptors (Lipinski definition) is 7. The number of carboxylic acid groups (broad SMARTS) is 1. The van der Waals surface area contributed by atoms with Crippen LogP contribution >= 0.6 is 11.8 Å². The van der Waals surface area contributed by atoms with E-state index in [0.29, 0.717) is 37.5 Å². The van der Waals surface area contributed by atoms with Crippen molar-refractivity contribution in [2.24, 2.45) is 0 Å². The summed E-state index contributed by atoms with van der Waals surface area (Å²) in [6.45, 7) is 1.70. The summed E-state index contributed by atoms with van der Waals surface area (Å²) in [5.74, 6) is 0.0186. The lowest BCUT2D eigenvalue weighted by Crippen LogP contribution is -2.49. The lowest BCUT2D eigenvalue weighted by molar-refractivity contribution is -0.142. The number of nitrogens with zero attached hydrogens (tertiary/aromatic N) is 3. The third kappa shape index (κ3) is 8.27. The van der Waals surface area contributed by atoms with E-state index in [4.69, 9.17) is 4.74 Å². The van der Waals surface area contributed by atoms with Gasteiger partial charge in [0.1, 0.15) is 11.8 Å². The van der Waals surface area contributed by atoms with Gasteiger partial charge in [0, 0.05) is 31.9 Å². The summed E-state index contributed by atoms with van der Waals surface area (Å²) in [5.41, 5.74) is 1.69. The van der Waals surface area contributed by atoms with Crippen molar-refractivity contribution in [2.75, 3.05) is 38.8 Å². The van der Waals surface area contributed by atoms with Gasteiger partial charge in [0.05, 0.1) is 32.1 Å². The van der Waals surface area contributed by atoms with E-state index in [1.807, 2.05) is 40.3 Å². The predicted molar refractivity (Wildman–Crippen MR) is 138 cm³/mol. The van der Waals surface area contributed by atoms with Gasteiger partial charge >= 0.3 is 5.97 Å². The second kappa shape index (κ2) is 13.9. The Hall–Kier alpha value is -3.05. The maximum atomic E-state index is 13.0. The molecule has 3 N–H and O–H groups in total. The van der Waals surface area contributed by atoms with Gasteiger partial charge in [-0.25, -0.2) is 9.78 Å². The summed E-state index contributed by atoms with van der Waals surface area (Å²) in [6.07, 6.45) is 7.52. The van der Waals surface area contributed by atoms with E-state index in [1.54, 1.807) is 19.6 Å². The predicted octanol–water partition coefficient (Wildman–Crippen LogP) is 1.78. The number of ether oxygens (including phenoxy) is 1. The van der Waals surface area contributed by atoms with E-state index >= 15 is 0 Å². The van der Waals surface area contributed by atoms with Crippen LogP contribution in [0.25, 0.3) is 0 Å². The van der Waals surface area contributed by atoms with E-state index < -0.39 is 12.0 Å². The SMILES string of the molecule is COc1ccc(CN(CC(=O)NC(CCSC)C(=O)O)C[C@@H]2CCCN2C(=O)Cc2c[nH]cn2)cc1. The number of carbonyl (C=O) groups excluding carboxylic acids is 2. The molecule has 1 unspecified atom stereocenters. The number of likely N-dealkylation sites (tertiary alicyclic amines) is 1. The minimum absolute atomic E-state index is 0.0152. The monoisotopic (exact) mass is 517 g/mol. The Balaban J connectivity index is 1.69. The molecule has 0 aliphatic carbocycles. The lowest BCUT2D eigenvalue weighted by Gasteiger charge is -2.31. The second-order valence-corrected chi connectivity index (χ2v) is 9.86. The van der Waals surface area contributed by atoms with Crippen LogP contribution in [0.4, 0.5) is 0 Å². The molecule has 0 spiro atoms. The number of aromatic nitrogens is 2. The van der Waals surface area contributed by atoms with Crippen LogP contribution in [-0.4, -0.2) is 93.5 Å². The van der Waals surface area contributed by atoms with Gasteiger partial charge < -0.3 is 25.0 Å². The molecule has 3 rings (SSSR count). The fourth-order valence-corrected chi connectivity index (χ4v) is 4.88. The zero-order chi connectivity index (χ0) is 25.9. The number of rotatable bonds is 14. The summed E-state index contributed by atoms with van der Waals surface area (Å²) in [6, 6.07) is 6.66. The Kier molecular flexibility index (Phi) is 10.6. The number of carboxylic acids is 1. The fourth-order valence-electron chi connectivity index (χ4n) is 4.41. The van der Waals surface area contributed by atoms with Crippen LogP contribution in [0.1, 0.15) is 30.5 Å². The van der Waals surface area contributed by atoms with Crippen LogP contribution in [0.5, 0.6) is 5.75 Å². The largest absolute Gasteiger partial charge is 0.497 e. The number of carbonyl (C=O) groups is 3. The highest BCUT2D eigenvalue weighted by Gasteiger charge is 2.31. The van der Waals surface area contributed by atoms with Gasteiger partial charge in [-0.2, -0.15) is 11.8 Å². The van der Waals surface area contributed by atoms with Crippen LogP contribution in [-0.2, 0) is 27.3 Å². The molecule has 2 amide bonds. The van der Waals surface area contributed by atoms with Gasteiger partial charge in [-0.3, -0.25) is 14.5 Å². The first-order valence-corrected chi connectivity index (χ1v) is 13.4. The number of aromatic amines is 1. The van der Waals surface area contributed by atoms with Crippen molar-refractivity contribution in [1.29, 1.82) is 0 Å². The van der Waals surface area contributed by atoms with Crippen molar-refractivity contribution >= 4 is 29.5 Å². The van der Waals surface area contributed by atoms with Crippen molar-refractivity contribution in [3.8, 4) is 5.75 Å². The average Bonchev–Trinajstić information content (AvgIpc) is 3.54. The first-order valence-electron chi connectivity index (χ1n) is 12.0. The minimum atomic E-state index is -1.04. The molecule has 1 aromatic heterocycles. The van der Waals surface area contributed by atoms with Gasteiger partial charge in [0.2, 0.25) is 11.8 Å². The lowest BCUT2D eigenvalue weighted by atomic mass is 10.1. The third-order valence-electron chi connectivity index (χ3n) is 6.23. The standard InChI is InChI=1S/C25H35N5O5S/c1-35-21-7-5-18(6-8-21)14-29(16-23(31)28-22(25(33)34)9-11-36-2)15-20-4-3-10-30(20)24(32)12-19-13-26-17-27-19/h5-8,13,17,20,22H,3-4,9-12,14-16H2,1-2H3,(H,26,27)(H,28,31)(H,33,34)/t20-,22?/m0/s1. The van der Waals surface area contributed by atoms with Crippen molar-refractivity contribution < 1.29 is 24.2 Å². The van der Waals surface area contributed by atoms with E-state index in [9.17, 15) is 19.5 Å². The molecule has 0 bridgehead atoms. The molecule has 1 aromatic carbocycles. The van der Waals surface area contributed by atoms with Crippen molar-refractivity contribution in [3.05, 3.63) is 48.0 Å². The normalized spacial score (nSPS) is 16.2. The first kappa shape index (κ1) is 27.5. The molecule has 2 heterocycles. The maximum absolute atomic E-state index is 13.0. The number of thioether (sulfide) groups is 1. The molecular weight excluding hydrogens is 482 g/mol.